The number of carbonyl (C=O) groups is 1. The number of nitrogens with zero attached hydrogens (tertiary/aromatic N) is 3. The quantitative estimate of drug-likeness (QED) is 0.798. The van der Waals surface area contributed by atoms with Crippen LogP contribution in [0.3, 0.4) is 0 Å². The van der Waals surface area contributed by atoms with Gasteiger partial charge in [-0.1, -0.05) is 30.3 Å². The van der Waals surface area contributed by atoms with E-state index < -0.39 is 24.1 Å². The highest BCUT2D eigenvalue weighted by atomic mass is 19.4. The van der Waals surface area contributed by atoms with Crippen LogP contribution in [0.25, 0.3) is 0 Å². The summed E-state index contributed by atoms with van der Waals surface area (Å²) in [6.45, 7) is 1.63. The third kappa shape index (κ3) is 4.75. The van der Waals surface area contributed by atoms with E-state index in [1.807, 2.05) is 30.3 Å². The summed E-state index contributed by atoms with van der Waals surface area (Å²) in [5, 5.41) is 10.8. The zero-order chi connectivity index (χ0) is 21.2. The van der Waals surface area contributed by atoms with E-state index in [2.05, 4.69) is 4.98 Å². The average molecular weight is 406 g/mol. The van der Waals surface area contributed by atoms with E-state index in [9.17, 15) is 23.1 Å². The molecule has 0 saturated heterocycles. The Labute approximate surface area is 166 Å². The van der Waals surface area contributed by atoms with Crippen LogP contribution in [0.1, 0.15) is 29.4 Å². The van der Waals surface area contributed by atoms with Crippen LogP contribution in [0.15, 0.2) is 54.2 Å². The summed E-state index contributed by atoms with van der Waals surface area (Å²) in [6.07, 6.45) is -4.64. The first-order valence-corrected chi connectivity index (χ1v) is 8.93. The average Bonchev–Trinajstić information content (AvgIpc) is 2.68. The number of allylic oxidation sites excluding steroid dienone is 1. The van der Waals surface area contributed by atoms with E-state index >= 15 is 0 Å². The minimum Gasteiger partial charge on any atom is -0.356 e. The van der Waals surface area contributed by atoms with Crippen molar-refractivity contribution in [2.24, 2.45) is 5.73 Å². The molecule has 3 rings (SSSR count). The number of hydrogen-bond donors (Lipinski definition) is 2. The van der Waals surface area contributed by atoms with Crippen LogP contribution in [-0.2, 0) is 30.6 Å². The maximum Gasteiger partial charge on any atom is 0.433 e. The first-order chi connectivity index (χ1) is 13.7. The molecule has 9 heteroatoms. The Kier molecular flexibility index (Phi) is 5.90. The molecule has 1 aromatic heterocycles. The predicted octanol–water partition coefficient (Wildman–Crippen LogP) is 2.58. The van der Waals surface area contributed by atoms with E-state index in [0.717, 1.165) is 16.5 Å². The lowest BCUT2D eigenvalue weighted by Gasteiger charge is -2.40. The Morgan fingerprint density at radius 1 is 1.10 bits per heavy atom. The normalized spacial score (nSPS) is 17.5. The fraction of sp³-hybridized carbons (Fsp3) is 0.300. The van der Waals surface area contributed by atoms with Gasteiger partial charge < -0.3 is 15.7 Å². The fourth-order valence-electron chi connectivity index (χ4n) is 3.12. The third-order valence-corrected chi connectivity index (χ3v) is 4.62. The van der Waals surface area contributed by atoms with Crippen molar-refractivity contribution in [2.45, 2.75) is 39.1 Å². The molecule has 6 nitrogen and oxygen atoms in total. The highest BCUT2D eigenvalue weighted by Gasteiger charge is 2.35. The Morgan fingerprint density at radius 2 is 1.79 bits per heavy atom. The molecule has 154 valence electrons. The maximum absolute atomic E-state index is 13.1. The standard InChI is InChI=1S/C20H21F3N4O2/c1-13-7-18(28)27(19(29)26(13)11-14-5-3-2-4-6-14)12-16-8-15(10-24)9-17(25-16)20(21,22)23/h2-9,19,29H,10-12,24H2,1H3. The smallest absolute Gasteiger partial charge is 0.356 e. The number of pyridine rings is 1. The van der Waals surface area contributed by atoms with E-state index in [-0.39, 0.29) is 24.3 Å². The summed E-state index contributed by atoms with van der Waals surface area (Å²) < 4.78 is 39.4. The molecule has 1 unspecified atom stereocenters. The van der Waals surface area contributed by atoms with Crippen LogP contribution < -0.4 is 5.73 Å². The number of aliphatic hydroxyl groups is 1. The molecule has 3 N–H and O–H groups in total. The lowest BCUT2D eigenvalue weighted by molar-refractivity contribution is -0.157. The van der Waals surface area contributed by atoms with Gasteiger partial charge in [0.2, 0.25) is 6.35 Å². The molecular weight excluding hydrogens is 385 g/mol. The topological polar surface area (TPSA) is 82.7 Å². The largest absolute Gasteiger partial charge is 0.433 e. The number of halogens is 3. The van der Waals surface area contributed by atoms with Crippen molar-refractivity contribution in [1.82, 2.24) is 14.8 Å². The molecule has 2 heterocycles. The second kappa shape index (κ2) is 8.22. The van der Waals surface area contributed by atoms with E-state index in [4.69, 9.17) is 5.73 Å². The van der Waals surface area contributed by atoms with Crippen LogP contribution in [0.2, 0.25) is 0 Å². The molecule has 29 heavy (non-hydrogen) atoms. The van der Waals surface area contributed by atoms with E-state index in [1.54, 1.807) is 11.8 Å². The van der Waals surface area contributed by atoms with Gasteiger partial charge in [-0.2, -0.15) is 13.2 Å². The molecule has 1 amide bonds. The van der Waals surface area contributed by atoms with Gasteiger partial charge in [-0.3, -0.25) is 9.69 Å². The van der Waals surface area contributed by atoms with Gasteiger partial charge in [0, 0.05) is 24.9 Å². The molecular formula is C20H21F3N4O2. The van der Waals surface area contributed by atoms with Crippen molar-refractivity contribution in [3.8, 4) is 0 Å². The van der Waals surface area contributed by atoms with Gasteiger partial charge in [-0.05, 0) is 30.2 Å². The number of aliphatic hydroxyl groups excluding tert-OH is 1. The molecule has 0 bridgehead atoms. The molecule has 1 aromatic carbocycles. The van der Waals surface area contributed by atoms with Crippen LogP contribution in [-0.4, -0.2) is 32.1 Å². The highest BCUT2D eigenvalue weighted by molar-refractivity contribution is 5.89. The summed E-state index contributed by atoms with van der Waals surface area (Å²) in [6, 6.07) is 11.6. The minimum atomic E-state index is -4.64. The number of rotatable bonds is 5. The molecule has 1 aliphatic rings. The fourth-order valence-corrected chi connectivity index (χ4v) is 3.12. The van der Waals surface area contributed by atoms with Gasteiger partial charge in [0.15, 0.2) is 0 Å². The van der Waals surface area contributed by atoms with Gasteiger partial charge in [-0.15, -0.1) is 0 Å². The molecule has 0 fully saturated rings. The van der Waals surface area contributed by atoms with Gasteiger partial charge in [-0.25, -0.2) is 4.98 Å². The van der Waals surface area contributed by atoms with Crippen molar-refractivity contribution in [3.05, 3.63) is 76.8 Å². The number of alkyl halides is 3. The molecule has 1 aliphatic heterocycles. The lowest BCUT2D eigenvalue weighted by Crippen LogP contribution is -2.52. The Morgan fingerprint density at radius 3 is 2.41 bits per heavy atom. The number of hydrogen-bond acceptors (Lipinski definition) is 5. The van der Waals surface area contributed by atoms with Gasteiger partial charge in [0.25, 0.3) is 5.91 Å². The monoisotopic (exact) mass is 406 g/mol. The number of amides is 1. The van der Waals surface area contributed by atoms with Crippen LogP contribution in [0, 0.1) is 0 Å². The number of nitrogens with two attached hydrogens (primary N) is 1. The Hall–Kier alpha value is -2.91. The molecule has 1 atom stereocenters. The van der Waals surface area contributed by atoms with Gasteiger partial charge in [0.1, 0.15) is 5.69 Å². The van der Waals surface area contributed by atoms with Crippen LogP contribution in [0.5, 0.6) is 0 Å². The van der Waals surface area contributed by atoms with Crippen molar-refractivity contribution in [3.63, 3.8) is 0 Å². The zero-order valence-corrected chi connectivity index (χ0v) is 15.7. The minimum absolute atomic E-state index is 0.000268. The summed E-state index contributed by atoms with van der Waals surface area (Å²) in [5.74, 6) is -0.507. The molecule has 0 aliphatic carbocycles. The molecule has 2 aromatic rings. The SMILES string of the molecule is CC1=CC(=O)N(Cc2cc(CN)cc(C(F)(F)F)n2)C(O)N1Cc1ccccc1. The highest BCUT2D eigenvalue weighted by Crippen LogP contribution is 2.29. The Bertz CT molecular complexity index is 916. The van der Waals surface area contributed by atoms with E-state index in [0.29, 0.717) is 12.2 Å². The second-order valence-electron chi connectivity index (χ2n) is 6.77. The first-order valence-electron chi connectivity index (χ1n) is 8.93. The van der Waals surface area contributed by atoms with Crippen molar-refractivity contribution in [2.75, 3.05) is 0 Å². The molecule has 0 spiro atoms. The first kappa shape index (κ1) is 20.8. The van der Waals surface area contributed by atoms with E-state index in [1.165, 1.54) is 12.1 Å². The summed E-state index contributed by atoms with van der Waals surface area (Å²) >= 11 is 0. The predicted molar refractivity (Wildman–Crippen MR) is 99.4 cm³/mol. The molecule has 0 radical (unpaired) electrons. The Balaban J connectivity index is 1.88. The summed E-state index contributed by atoms with van der Waals surface area (Å²) in [4.78, 5) is 18.7. The van der Waals surface area contributed by atoms with Gasteiger partial charge >= 0.3 is 6.18 Å². The maximum atomic E-state index is 13.1. The van der Waals surface area contributed by atoms with Crippen molar-refractivity contribution >= 4 is 5.91 Å². The second-order valence-corrected chi connectivity index (χ2v) is 6.77. The van der Waals surface area contributed by atoms with Crippen LogP contribution in [0.4, 0.5) is 13.2 Å². The number of carbonyl (C=O) groups excluding carboxylic acids is 1. The number of aromatic nitrogens is 1. The van der Waals surface area contributed by atoms with Crippen molar-refractivity contribution in [1.29, 1.82) is 0 Å². The lowest BCUT2D eigenvalue weighted by atomic mass is 10.1. The van der Waals surface area contributed by atoms with Gasteiger partial charge in [0.05, 0.1) is 12.2 Å². The number of benzene rings is 1. The summed E-state index contributed by atoms with van der Waals surface area (Å²) in [5.41, 5.74) is 6.14. The summed E-state index contributed by atoms with van der Waals surface area (Å²) in [7, 11) is 0. The van der Waals surface area contributed by atoms with Crippen molar-refractivity contribution < 1.29 is 23.1 Å². The zero-order valence-electron chi connectivity index (χ0n) is 15.7. The third-order valence-electron chi connectivity index (χ3n) is 4.62. The molecule has 0 saturated carbocycles. The van der Waals surface area contributed by atoms with Crippen LogP contribution >= 0.6 is 0 Å².